The minimum absolute atomic E-state index is 0.135. The van der Waals surface area contributed by atoms with Crippen LogP contribution in [-0.2, 0) is 0 Å². The molecule has 0 aromatic rings. The molecule has 14 heavy (non-hydrogen) atoms. The van der Waals surface area contributed by atoms with Gasteiger partial charge < -0.3 is 10.4 Å². The summed E-state index contributed by atoms with van der Waals surface area (Å²) in [6.07, 6.45) is 1.69. The van der Waals surface area contributed by atoms with Crippen molar-refractivity contribution in [2.75, 3.05) is 13.2 Å². The lowest BCUT2D eigenvalue weighted by Gasteiger charge is -2.28. The number of aliphatic hydroxyl groups is 1. The van der Waals surface area contributed by atoms with E-state index in [0.29, 0.717) is 0 Å². The van der Waals surface area contributed by atoms with E-state index in [4.69, 9.17) is 10.4 Å². The molecule has 0 aliphatic carbocycles. The number of hydrogen-bond acceptors (Lipinski definition) is 3. The summed E-state index contributed by atoms with van der Waals surface area (Å²) in [5.74, 6) is 0. The molecule has 3 nitrogen and oxygen atoms in total. The Morgan fingerprint density at radius 3 is 2.29 bits per heavy atom. The summed E-state index contributed by atoms with van der Waals surface area (Å²) >= 11 is 0. The second kappa shape index (κ2) is 5.33. The van der Waals surface area contributed by atoms with Crippen molar-refractivity contribution in [2.45, 2.75) is 46.1 Å². The zero-order valence-electron chi connectivity index (χ0n) is 9.72. The molecule has 82 valence electrons. The second-order valence-corrected chi connectivity index (χ2v) is 4.74. The molecule has 0 radical (unpaired) electrons. The van der Waals surface area contributed by atoms with Crippen molar-refractivity contribution in [1.82, 2.24) is 5.32 Å². The van der Waals surface area contributed by atoms with E-state index < -0.39 is 0 Å². The van der Waals surface area contributed by atoms with Crippen LogP contribution in [0, 0.1) is 16.7 Å². The Hall–Kier alpha value is -0.590. The largest absolute Gasteiger partial charge is 0.394 e. The van der Waals surface area contributed by atoms with E-state index in [-0.39, 0.29) is 17.6 Å². The van der Waals surface area contributed by atoms with E-state index in [1.165, 1.54) is 0 Å². The zero-order valence-corrected chi connectivity index (χ0v) is 9.72. The van der Waals surface area contributed by atoms with Gasteiger partial charge in [0.15, 0.2) is 0 Å². The molecule has 0 aliphatic heterocycles. The Labute approximate surface area is 87.1 Å². The predicted octanol–water partition coefficient (Wildman–Crippen LogP) is 1.68. The van der Waals surface area contributed by atoms with E-state index in [9.17, 15) is 0 Å². The summed E-state index contributed by atoms with van der Waals surface area (Å²) in [6.45, 7) is 8.79. The molecule has 0 bridgehead atoms. The quantitative estimate of drug-likeness (QED) is 0.682. The van der Waals surface area contributed by atoms with Gasteiger partial charge in [-0.25, -0.2) is 0 Å². The fourth-order valence-corrected chi connectivity index (χ4v) is 1.03. The second-order valence-electron chi connectivity index (χ2n) is 4.74. The Morgan fingerprint density at radius 2 is 1.93 bits per heavy atom. The van der Waals surface area contributed by atoms with Gasteiger partial charge in [0.25, 0.3) is 0 Å². The molecule has 1 unspecified atom stereocenters. The highest BCUT2D eigenvalue weighted by molar-refractivity contribution is 4.92. The number of rotatable bonds is 6. The van der Waals surface area contributed by atoms with Gasteiger partial charge in [-0.1, -0.05) is 6.92 Å². The van der Waals surface area contributed by atoms with E-state index >= 15 is 0 Å². The highest BCUT2D eigenvalue weighted by atomic mass is 16.3. The average molecular weight is 198 g/mol. The molecule has 0 aliphatic rings. The maximum absolute atomic E-state index is 9.14. The zero-order chi connectivity index (χ0) is 11.2. The van der Waals surface area contributed by atoms with Crippen molar-refractivity contribution in [3.05, 3.63) is 0 Å². The van der Waals surface area contributed by atoms with Crippen LogP contribution in [-0.4, -0.2) is 23.8 Å². The first-order valence-corrected chi connectivity index (χ1v) is 5.16. The monoisotopic (exact) mass is 198 g/mol. The molecule has 0 fully saturated rings. The van der Waals surface area contributed by atoms with Gasteiger partial charge in [-0.2, -0.15) is 5.26 Å². The minimum atomic E-state index is -0.281. The summed E-state index contributed by atoms with van der Waals surface area (Å²) < 4.78 is 0. The molecule has 1 atom stereocenters. The topological polar surface area (TPSA) is 56.0 Å². The highest BCUT2D eigenvalue weighted by Gasteiger charge is 2.22. The summed E-state index contributed by atoms with van der Waals surface area (Å²) in [5.41, 5.74) is -0.483. The first-order valence-electron chi connectivity index (χ1n) is 5.16. The SMILES string of the molecule is CCC(C)(CO)NCCC(C)(C)C#N. The number of nitrogens with one attached hydrogen (secondary N) is 1. The van der Waals surface area contributed by atoms with Crippen molar-refractivity contribution >= 4 is 0 Å². The predicted molar refractivity (Wildman–Crippen MR) is 57.8 cm³/mol. The lowest BCUT2D eigenvalue weighted by Crippen LogP contribution is -2.46. The van der Waals surface area contributed by atoms with Gasteiger partial charge in [0.2, 0.25) is 0 Å². The van der Waals surface area contributed by atoms with Crippen LogP contribution < -0.4 is 5.32 Å². The van der Waals surface area contributed by atoms with Gasteiger partial charge in [-0.05, 0) is 40.2 Å². The van der Waals surface area contributed by atoms with Crippen LogP contribution in [0.25, 0.3) is 0 Å². The number of hydrogen-bond donors (Lipinski definition) is 2. The molecular formula is C11H22N2O. The molecule has 0 amide bonds. The van der Waals surface area contributed by atoms with Crippen LogP contribution >= 0.6 is 0 Å². The van der Waals surface area contributed by atoms with Gasteiger partial charge in [-0.3, -0.25) is 0 Å². The van der Waals surface area contributed by atoms with Crippen LogP contribution in [0.5, 0.6) is 0 Å². The molecule has 0 saturated heterocycles. The summed E-state index contributed by atoms with van der Waals surface area (Å²) in [7, 11) is 0. The van der Waals surface area contributed by atoms with E-state index in [1.54, 1.807) is 0 Å². The summed E-state index contributed by atoms with van der Waals surface area (Å²) in [6, 6.07) is 2.26. The fourth-order valence-electron chi connectivity index (χ4n) is 1.03. The van der Waals surface area contributed by atoms with E-state index in [0.717, 1.165) is 19.4 Å². The van der Waals surface area contributed by atoms with Crippen molar-refractivity contribution in [3.63, 3.8) is 0 Å². The van der Waals surface area contributed by atoms with Crippen LogP contribution in [0.3, 0.4) is 0 Å². The van der Waals surface area contributed by atoms with Crippen molar-refractivity contribution in [1.29, 1.82) is 5.26 Å². The third-order valence-corrected chi connectivity index (χ3v) is 2.73. The minimum Gasteiger partial charge on any atom is -0.394 e. The average Bonchev–Trinajstić information content (AvgIpc) is 2.17. The molecule has 3 heteroatoms. The van der Waals surface area contributed by atoms with Crippen LogP contribution in [0.2, 0.25) is 0 Å². The van der Waals surface area contributed by atoms with E-state index in [2.05, 4.69) is 11.4 Å². The normalized spacial score (nSPS) is 16.0. The Kier molecular flexibility index (Phi) is 5.11. The molecular weight excluding hydrogens is 176 g/mol. The van der Waals surface area contributed by atoms with Crippen LogP contribution in [0.4, 0.5) is 0 Å². The van der Waals surface area contributed by atoms with Crippen molar-refractivity contribution in [2.24, 2.45) is 5.41 Å². The molecule has 0 saturated carbocycles. The van der Waals surface area contributed by atoms with Crippen LogP contribution in [0.15, 0.2) is 0 Å². The Balaban J connectivity index is 3.91. The van der Waals surface area contributed by atoms with Crippen molar-refractivity contribution < 1.29 is 5.11 Å². The van der Waals surface area contributed by atoms with Gasteiger partial charge >= 0.3 is 0 Å². The third kappa shape index (κ3) is 4.59. The van der Waals surface area contributed by atoms with Crippen LogP contribution in [0.1, 0.15) is 40.5 Å². The lowest BCUT2D eigenvalue weighted by atomic mass is 9.90. The van der Waals surface area contributed by atoms with E-state index in [1.807, 2.05) is 27.7 Å². The number of nitrogens with zero attached hydrogens (tertiary/aromatic N) is 1. The first kappa shape index (κ1) is 13.4. The Bertz CT molecular complexity index is 202. The Morgan fingerprint density at radius 1 is 1.36 bits per heavy atom. The molecule has 0 spiro atoms. The maximum atomic E-state index is 9.14. The van der Waals surface area contributed by atoms with Crippen molar-refractivity contribution in [3.8, 4) is 6.07 Å². The fraction of sp³-hybridized carbons (Fsp3) is 0.909. The molecule has 0 aromatic heterocycles. The smallest absolute Gasteiger partial charge is 0.0684 e. The maximum Gasteiger partial charge on any atom is 0.0684 e. The number of nitriles is 1. The number of aliphatic hydroxyl groups excluding tert-OH is 1. The highest BCUT2D eigenvalue weighted by Crippen LogP contribution is 2.18. The summed E-state index contributed by atoms with van der Waals surface area (Å²) in [4.78, 5) is 0. The molecule has 0 rings (SSSR count). The standard InChI is InChI=1S/C11H22N2O/c1-5-11(4,9-14)13-7-6-10(2,3)8-12/h13-14H,5-7,9H2,1-4H3. The molecule has 2 N–H and O–H groups in total. The summed E-state index contributed by atoms with van der Waals surface area (Å²) in [5, 5.41) is 21.2. The lowest BCUT2D eigenvalue weighted by molar-refractivity contribution is 0.167. The third-order valence-electron chi connectivity index (χ3n) is 2.73. The van der Waals surface area contributed by atoms with Gasteiger partial charge in [0, 0.05) is 5.54 Å². The van der Waals surface area contributed by atoms with Gasteiger partial charge in [0.05, 0.1) is 18.1 Å². The molecule has 0 heterocycles. The van der Waals surface area contributed by atoms with Gasteiger partial charge in [0.1, 0.15) is 0 Å². The van der Waals surface area contributed by atoms with Gasteiger partial charge in [-0.15, -0.1) is 0 Å². The first-order chi connectivity index (χ1) is 6.39. The molecule has 0 aromatic carbocycles.